The third-order valence-corrected chi connectivity index (χ3v) is 8.35. The molecule has 0 saturated carbocycles. The van der Waals surface area contributed by atoms with Crippen LogP contribution in [-0.2, 0) is 29.5 Å². The van der Waals surface area contributed by atoms with E-state index in [1.165, 1.54) is 25.1 Å². The lowest BCUT2D eigenvalue weighted by Crippen LogP contribution is -2.48. The second kappa shape index (κ2) is 9.92. The van der Waals surface area contributed by atoms with Crippen molar-refractivity contribution in [2.75, 3.05) is 6.54 Å². The monoisotopic (exact) mass is 524 g/mol. The number of phenolic OH excluding ortho intramolecular Hbond substituents is 1. The highest BCUT2D eigenvalue weighted by Crippen LogP contribution is 2.32. The van der Waals surface area contributed by atoms with Gasteiger partial charge in [0.15, 0.2) is 9.84 Å². The minimum Gasteiger partial charge on any atom is -0.507 e. The second-order valence-corrected chi connectivity index (χ2v) is 11.5. The number of hydrogen-bond acceptors (Lipinski definition) is 6. The summed E-state index contributed by atoms with van der Waals surface area (Å²) in [7, 11) is -2.66. The van der Waals surface area contributed by atoms with Gasteiger partial charge in [0.05, 0.1) is 20.9 Å². The van der Waals surface area contributed by atoms with Crippen LogP contribution in [0.25, 0.3) is 0 Å². The standard InChI is InChI=1S/C24H27F3N4O4S/c1-15(2)19-11-16(31(4)30-19)12-23(3,14-29-22(33)18-7-5-6-8-20(18)32)36(34,35)17-9-10-21(28-13-17)24(25,26)27/h5-11,13,15,32H,12,14H2,1-4H3,(H,29,33). The number of pyridine rings is 1. The quantitative estimate of drug-likeness (QED) is 0.463. The Morgan fingerprint density at radius 3 is 2.36 bits per heavy atom. The number of aromatic nitrogens is 3. The molecular weight excluding hydrogens is 497 g/mol. The number of amides is 1. The van der Waals surface area contributed by atoms with Crippen LogP contribution >= 0.6 is 0 Å². The number of rotatable bonds is 8. The van der Waals surface area contributed by atoms with Crippen LogP contribution in [0.15, 0.2) is 53.6 Å². The molecule has 194 valence electrons. The van der Waals surface area contributed by atoms with Gasteiger partial charge in [0.25, 0.3) is 5.91 Å². The number of aromatic hydroxyl groups is 1. The van der Waals surface area contributed by atoms with Gasteiger partial charge in [-0.05, 0) is 43.2 Å². The zero-order chi connectivity index (χ0) is 26.9. The third-order valence-electron chi connectivity index (χ3n) is 5.90. The minimum atomic E-state index is -4.72. The lowest BCUT2D eigenvalue weighted by atomic mass is 10.0. The molecule has 8 nitrogen and oxygen atoms in total. The molecule has 1 unspecified atom stereocenters. The highest BCUT2D eigenvalue weighted by Gasteiger charge is 2.43. The Morgan fingerprint density at radius 1 is 1.17 bits per heavy atom. The summed E-state index contributed by atoms with van der Waals surface area (Å²) in [6.45, 7) is 4.86. The topological polar surface area (TPSA) is 114 Å². The molecule has 0 spiro atoms. The number of hydrogen-bond donors (Lipinski definition) is 2. The molecule has 0 radical (unpaired) electrons. The first-order valence-electron chi connectivity index (χ1n) is 11.0. The summed E-state index contributed by atoms with van der Waals surface area (Å²) in [5.41, 5.74) is 0.0310. The summed E-state index contributed by atoms with van der Waals surface area (Å²) in [6.07, 6.45) is -4.16. The molecular formula is C24H27F3N4O4S. The van der Waals surface area contributed by atoms with Crippen LogP contribution in [0.1, 0.15) is 54.1 Å². The van der Waals surface area contributed by atoms with Crippen LogP contribution < -0.4 is 5.32 Å². The van der Waals surface area contributed by atoms with Crippen LogP contribution in [0.2, 0.25) is 0 Å². The number of carbonyl (C=O) groups excluding carboxylic acids is 1. The van der Waals surface area contributed by atoms with E-state index in [1.54, 1.807) is 23.9 Å². The largest absolute Gasteiger partial charge is 0.507 e. The summed E-state index contributed by atoms with van der Waals surface area (Å²) in [5.74, 6) is -0.902. The van der Waals surface area contributed by atoms with Gasteiger partial charge in [-0.3, -0.25) is 14.5 Å². The number of sulfone groups is 1. The molecule has 1 amide bonds. The van der Waals surface area contributed by atoms with E-state index in [0.717, 1.165) is 11.8 Å². The van der Waals surface area contributed by atoms with Crippen molar-refractivity contribution in [1.29, 1.82) is 0 Å². The summed E-state index contributed by atoms with van der Waals surface area (Å²) in [6, 6.07) is 9.00. The van der Waals surface area contributed by atoms with E-state index >= 15 is 0 Å². The molecule has 36 heavy (non-hydrogen) atoms. The molecule has 12 heteroatoms. The minimum absolute atomic E-state index is 0.0453. The Bertz CT molecular complexity index is 1350. The van der Waals surface area contributed by atoms with Crippen LogP contribution in [0.4, 0.5) is 13.2 Å². The predicted octanol–water partition coefficient (Wildman–Crippen LogP) is 3.87. The van der Waals surface area contributed by atoms with Gasteiger partial charge in [0, 0.05) is 31.9 Å². The fourth-order valence-corrected chi connectivity index (χ4v) is 5.24. The zero-order valence-electron chi connectivity index (χ0n) is 20.2. The smallest absolute Gasteiger partial charge is 0.433 e. The molecule has 3 rings (SSSR count). The van der Waals surface area contributed by atoms with Crippen molar-refractivity contribution >= 4 is 15.7 Å². The van der Waals surface area contributed by atoms with Crippen molar-refractivity contribution in [3.05, 3.63) is 71.3 Å². The normalized spacial score (nSPS) is 14.0. The first-order valence-corrected chi connectivity index (χ1v) is 12.5. The van der Waals surface area contributed by atoms with E-state index < -0.39 is 43.8 Å². The van der Waals surface area contributed by atoms with Crippen molar-refractivity contribution < 1.29 is 31.5 Å². The van der Waals surface area contributed by atoms with Crippen LogP contribution in [0, 0.1) is 0 Å². The molecule has 1 aromatic carbocycles. The molecule has 2 N–H and O–H groups in total. The fourth-order valence-electron chi connectivity index (χ4n) is 3.63. The van der Waals surface area contributed by atoms with Crippen molar-refractivity contribution in [3.8, 4) is 5.75 Å². The van der Waals surface area contributed by atoms with E-state index in [4.69, 9.17) is 0 Å². The van der Waals surface area contributed by atoms with Gasteiger partial charge in [0.2, 0.25) is 0 Å². The van der Waals surface area contributed by atoms with Crippen LogP contribution in [0.5, 0.6) is 5.75 Å². The molecule has 1 atom stereocenters. The lowest BCUT2D eigenvalue weighted by Gasteiger charge is -2.30. The number of halogens is 3. The van der Waals surface area contributed by atoms with Gasteiger partial charge in [-0.25, -0.2) is 8.42 Å². The number of para-hydroxylation sites is 1. The molecule has 0 aliphatic rings. The lowest BCUT2D eigenvalue weighted by molar-refractivity contribution is -0.141. The second-order valence-electron chi connectivity index (χ2n) is 9.05. The number of nitrogens with one attached hydrogen (secondary N) is 1. The van der Waals surface area contributed by atoms with Gasteiger partial charge in [-0.2, -0.15) is 18.3 Å². The predicted molar refractivity (Wildman–Crippen MR) is 126 cm³/mol. The maximum atomic E-state index is 13.7. The van der Waals surface area contributed by atoms with Gasteiger partial charge in [-0.15, -0.1) is 0 Å². The molecule has 0 aliphatic carbocycles. The van der Waals surface area contributed by atoms with Gasteiger partial charge >= 0.3 is 6.18 Å². The van der Waals surface area contributed by atoms with Gasteiger partial charge in [-0.1, -0.05) is 26.0 Å². The molecule has 2 aromatic heterocycles. The van der Waals surface area contributed by atoms with Crippen molar-refractivity contribution in [2.45, 2.75) is 48.9 Å². The van der Waals surface area contributed by atoms with E-state index in [9.17, 15) is 31.5 Å². The molecule has 2 heterocycles. The Balaban J connectivity index is 2.01. The first-order chi connectivity index (χ1) is 16.7. The highest BCUT2D eigenvalue weighted by molar-refractivity contribution is 7.92. The van der Waals surface area contributed by atoms with Crippen molar-refractivity contribution in [1.82, 2.24) is 20.1 Å². The van der Waals surface area contributed by atoms with Crippen LogP contribution in [-0.4, -0.2) is 45.5 Å². The average Bonchev–Trinajstić information content (AvgIpc) is 3.17. The number of phenols is 1. The zero-order valence-corrected chi connectivity index (χ0v) is 21.0. The molecule has 0 aliphatic heterocycles. The summed E-state index contributed by atoms with van der Waals surface area (Å²) >= 11 is 0. The fraction of sp³-hybridized carbons (Fsp3) is 0.375. The Morgan fingerprint density at radius 2 is 1.83 bits per heavy atom. The van der Waals surface area contributed by atoms with E-state index in [0.29, 0.717) is 18.0 Å². The van der Waals surface area contributed by atoms with Crippen LogP contribution in [0.3, 0.4) is 0 Å². The SMILES string of the molecule is CC(C)c1cc(CC(C)(CNC(=O)c2ccccc2O)S(=O)(=O)c2ccc(C(F)(F)F)nc2)n(C)n1. The summed E-state index contributed by atoms with van der Waals surface area (Å²) < 4.78 is 66.2. The number of benzene rings is 1. The van der Waals surface area contributed by atoms with Crippen molar-refractivity contribution in [2.24, 2.45) is 7.05 Å². The number of nitrogens with zero attached hydrogens (tertiary/aromatic N) is 3. The van der Waals surface area contributed by atoms with E-state index in [-0.39, 0.29) is 23.7 Å². The Labute approximate surface area is 207 Å². The average molecular weight is 525 g/mol. The molecule has 0 saturated heterocycles. The highest BCUT2D eigenvalue weighted by atomic mass is 32.2. The number of alkyl halides is 3. The van der Waals surface area contributed by atoms with Crippen molar-refractivity contribution in [3.63, 3.8) is 0 Å². The molecule has 0 fully saturated rings. The maximum absolute atomic E-state index is 13.7. The van der Waals surface area contributed by atoms with Gasteiger partial charge in [0.1, 0.15) is 11.4 Å². The molecule has 3 aromatic rings. The Hall–Kier alpha value is -3.41. The van der Waals surface area contributed by atoms with E-state index in [2.05, 4.69) is 15.4 Å². The molecule has 0 bridgehead atoms. The summed E-state index contributed by atoms with van der Waals surface area (Å²) in [5, 5.41) is 16.9. The first kappa shape index (κ1) is 27.2. The summed E-state index contributed by atoms with van der Waals surface area (Å²) in [4.78, 5) is 15.6. The van der Waals surface area contributed by atoms with Gasteiger partial charge < -0.3 is 10.4 Å². The third kappa shape index (κ3) is 5.53. The number of carbonyl (C=O) groups is 1. The Kier molecular flexibility index (Phi) is 7.49. The maximum Gasteiger partial charge on any atom is 0.433 e. The van der Waals surface area contributed by atoms with E-state index in [1.807, 2.05) is 13.8 Å². The number of aryl methyl sites for hydroxylation is 1.